The highest BCUT2D eigenvalue weighted by Gasteiger charge is 2.06. The fourth-order valence-electron chi connectivity index (χ4n) is 2.07. The average Bonchev–Trinajstić information content (AvgIpc) is 2.58. The Morgan fingerprint density at radius 1 is 0.913 bits per heavy atom. The zero-order valence-corrected chi connectivity index (χ0v) is 12.7. The lowest BCUT2D eigenvalue weighted by Gasteiger charge is -2.07. The van der Waals surface area contributed by atoms with E-state index in [0.29, 0.717) is 24.1 Å². The molecule has 0 aromatic heterocycles. The SMILES string of the molecule is O=C(CCCNC(=O)c1ccccc1)NCc1ccccc1F. The molecule has 0 spiro atoms. The van der Waals surface area contributed by atoms with Crippen molar-refractivity contribution in [1.82, 2.24) is 10.6 Å². The summed E-state index contributed by atoms with van der Waals surface area (Å²) in [6, 6.07) is 15.2. The second-order valence-corrected chi connectivity index (χ2v) is 5.09. The van der Waals surface area contributed by atoms with E-state index in [1.807, 2.05) is 6.07 Å². The highest BCUT2D eigenvalue weighted by atomic mass is 19.1. The third-order valence-electron chi connectivity index (χ3n) is 3.34. The van der Waals surface area contributed by atoms with Crippen LogP contribution in [0, 0.1) is 5.82 Å². The molecule has 0 atom stereocenters. The van der Waals surface area contributed by atoms with Gasteiger partial charge in [-0.25, -0.2) is 4.39 Å². The van der Waals surface area contributed by atoms with Gasteiger partial charge in [-0.1, -0.05) is 36.4 Å². The van der Waals surface area contributed by atoms with Crippen LogP contribution in [0.4, 0.5) is 4.39 Å². The van der Waals surface area contributed by atoms with Gasteiger partial charge < -0.3 is 10.6 Å². The van der Waals surface area contributed by atoms with Gasteiger partial charge in [-0.05, 0) is 24.6 Å². The summed E-state index contributed by atoms with van der Waals surface area (Å²) in [6.07, 6.45) is 0.811. The molecule has 0 unspecified atom stereocenters. The van der Waals surface area contributed by atoms with E-state index in [-0.39, 0.29) is 30.6 Å². The smallest absolute Gasteiger partial charge is 0.251 e. The van der Waals surface area contributed by atoms with E-state index in [1.165, 1.54) is 6.07 Å². The van der Waals surface area contributed by atoms with Gasteiger partial charge in [0.05, 0.1) is 0 Å². The van der Waals surface area contributed by atoms with E-state index in [1.54, 1.807) is 42.5 Å². The molecule has 0 bridgehead atoms. The summed E-state index contributed by atoms with van der Waals surface area (Å²) in [7, 11) is 0. The molecule has 23 heavy (non-hydrogen) atoms. The van der Waals surface area contributed by atoms with Gasteiger partial charge in [0.15, 0.2) is 0 Å². The van der Waals surface area contributed by atoms with Gasteiger partial charge in [0.1, 0.15) is 5.82 Å². The number of nitrogens with one attached hydrogen (secondary N) is 2. The van der Waals surface area contributed by atoms with Crippen LogP contribution in [-0.2, 0) is 11.3 Å². The van der Waals surface area contributed by atoms with Crippen LogP contribution in [-0.4, -0.2) is 18.4 Å². The van der Waals surface area contributed by atoms with Crippen molar-refractivity contribution in [3.8, 4) is 0 Å². The number of carbonyl (C=O) groups excluding carboxylic acids is 2. The topological polar surface area (TPSA) is 58.2 Å². The monoisotopic (exact) mass is 314 g/mol. The third-order valence-corrected chi connectivity index (χ3v) is 3.34. The number of amides is 2. The van der Waals surface area contributed by atoms with Crippen molar-refractivity contribution in [1.29, 1.82) is 0 Å². The fourth-order valence-corrected chi connectivity index (χ4v) is 2.07. The summed E-state index contributed by atoms with van der Waals surface area (Å²) in [5.41, 5.74) is 1.05. The quantitative estimate of drug-likeness (QED) is 0.772. The van der Waals surface area contributed by atoms with Crippen LogP contribution in [0.3, 0.4) is 0 Å². The van der Waals surface area contributed by atoms with Crippen molar-refractivity contribution in [3.63, 3.8) is 0 Å². The number of rotatable bonds is 7. The largest absolute Gasteiger partial charge is 0.352 e. The molecule has 0 heterocycles. The Morgan fingerprint density at radius 2 is 1.61 bits per heavy atom. The van der Waals surface area contributed by atoms with Crippen LogP contribution in [0.25, 0.3) is 0 Å². The van der Waals surface area contributed by atoms with Crippen molar-refractivity contribution in [2.24, 2.45) is 0 Å². The fraction of sp³-hybridized carbons (Fsp3) is 0.222. The predicted molar refractivity (Wildman–Crippen MR) is 86.3 cm³/mol. The van der Waals surface area contributed by atoms with Crippen molar-refractivity contribution in [2.75, 3.05) is 6.54 Å². The molecule has 2 amide bonds. The first kappa shape index (κ1) is 16.7. The van der Waals surface area contributed by atoms with Crippen LogP contribution in [0.5, 0.6) is 0 Å². The van der Waals surface area contributed by atoms with Crippen molar-refractivity contribution < 1.29 is 14.0 Å². The standard InChI is InChI=1S/C18H19FN2O2/c19-16-10-5-4-9-15(16)13-21-17(22)11-6-12-20-18(23)14-7-2-1-3-8-14/h1-5,7-10H,6,11-13H2,(H,20,23)(H,21,22). The summed E-state index contributed by atoms with van der Waals surface area (Å²) in [4.78, 5) is 23.5. The minimum absolute atomic E-state index is 0.155. The molecule has 2 aromatic rings. The second kappa shape index (κ2) is 8.68. The number of hydrogen-bond acceptors (Lipinski definition) is 2. The second-order valence-electron chi connectivity index (χ2n) is 5.09. The molecular weight excluding hydrogens is 295 g/mol. The van der Waals surface area contributed by atoms with Crippen LogP contribution in [0.2, 0.25) is 0 Å². The van der Waals surface area contributed by atoms with Gasteiger partial charge in [0, 0.05) is 30.6 Å². The molecule has 0 saturated carbocycles. The summed E-state index contributed by atoms with van der Waals surface area (Å²) < 4.78 is 13.4. The first-order valence-corrected chi connectivity index (χ1v) is 7.50. The highest BCUT2D eigenvalue weighted by molar-refractivity contribution is 5.94. The Labute approximate surface area is 134 Å². The van der Waals surface area contributed by atoms with Gasteiger partial charge in [-0.2, -0.15) is 0 Å². The lowest BCUT2D eigenvalue weighted by Crippen LogP contribution is -2.27. The molecule has 4 nitrogen and oxygen atoms in total. The van der Waals surface area contributed by atoms with E-state index in [2.05, 4.69) is 10.6 Å². The minimum atomic E-state index is -0.331. The maximum Gasteiger partial charge on any atom is 0.251 e. The maximum atomic E-state index is 13.4. The molecule has 5 heteroatoms. The van der Waals surface area contributed by atoms with Gasteiger partial charge in [-0.15, -0.1) is 0 Å². The Morgan fingerprint density at radius 3 is 2.35 bits per heavy atom. The average molecular weight is 314 g/mol. The number of hydrogen-bond donors (Lipinski definition) is 2. The van der Waals surface area contributed by atoms with Crippen LogP contribution in [0.15, 0.2) is 54.6 Å². The van der Waals surface area contributed by atoms with E-state index < -0.39 is 0 Å². The zero-order valence-electron chi connectivity index (χ0n) is 12.7. The Bertz CT molecular complexity index is 659. The van der Waals surface area contributed by atoms with Crippen LogP contribution < -0.4 is 10.6 Å². The Balaban J connectivity index is 1.63. The molecule has 0 saturated heterocycles. The lowest BCUT2D eigenvalue weighted by atomic mass is 10.2. The first-order chi connectivity index (χ1) is 11.2. The number of carbonyl (C=O) groups is 2. The van der Waals surface area contributed by atoms with Gasteiger partial charge in [-0.3, -0.25) is 9.59 Å². The van der Waals surface area contributed by atoms with Gasteiger partial charge in [0.25, 0.3) is 5.91 Å². The summed E-state index contributed by atoms with van der Waals surface area (Å²) in [5, 5.41) is 5.43. The first-order valence-electron chi connectivity index (χ1n) is 7.50. The van der Waals surface area contributed by atoms with E-state index in [9.17, 15) is 14.0 Å². The maximum absolute atomic E-state index is 13.4. The molecule has 0 aliphatic carbocycles. The molecule has 0 radical (unpaired) electrons. The minimum Gasteiger partial charge on any atom is -0.352 e. The van der Waals surface area contributed by atoms with E-state index >= 15 is 0 Å². The van der Waals surface area contributed by atoms with E-state index in [0.717, 1.165) is 0 Å². The molecule has 120 valence electrons. The summed E-state index contributed by atoms with van der Waals surface area (Å²) >= 11 is 0. The van der Waals surface area contributed by atoms with Gasteiger partial charge in [0.2, 0.25) is 5.91 Å². The van der Waals surface area contributed by atoms with Crippen molar-refractivity contribution in [2.45, 2.75) is 19.4 Å². The lowest BCUT2D eigenvalue weighted by molar-refractivity contribution is -0.121. The normalized spacial score (nSPS) is 10.1. The third kappa shape index (κ3) is 5.54. The summed E-state index contributed by atoms with van der Waals surface area (Å²) in [6.45, 7) is 0.586. The molecule has 0 aliphatic rings. The highest BCUT2D eigenvalue weighted by Crippen LogP contribution is 2.05. The molecule has 2 aromatic carbocycles. The summed E-state index contributed by atoms with van der Waals surface area (Å²) in [5.74, 6) is -0.650. The molecule has 2 rings (SSSR count). The Kier molecular flexibility index (Phi) is 6.29. The molecule has 2 N–H and O–H groups in total. The predicted octanol–water partition coefficient (Wildman–Crippen LogP) is 2.65. The number of benzene rings is 2. The zero-order chi connectivity index (χ0) is 16.5. The number of halogens is 1. The van der Waals surface area contributed by atoms with Crippen molar-refractivity contribution in [3.05, 3.63) is 71.5 Å². The molecule has 0 fully saturated rings. The molecule has 0 aliphatic heterocycles. The Hall–Kier alpha value is -2.69. The molecular formula is C18H19FN2O2. The van der Waals surface area contributed by atoms with Crippen LogP contribution >= 0.6 is 0 Å². The van der Waals surface area contributed by atoms with E-state index in [4.69, 9.17) is 0 Å². The van der Waals surface area contributed by atoms with Crippen molar-refractivity contribution >= 4 is 11.8 Å². The van der Waals surface area contributed by atoms with Crippen LogP contribution in [0.1, 0.15) is 28.8 Å². The van der Waals surface area contributed by atoms with Gasteiger partial charge >= 0.3 is 0 Å².